The van der Waals surface area contributed by atoms with Crippen LogP contribution in [0.2, 0.25) is 5.02 Å². The molecule has 172 valence electrons. The van der Waals surface area contributed by atoms with Crippen molar-refractivity contribution in [2.75, 3.05) is 18.0 Å². The summed E-state index contributed by atoms with van der Waals surface area (Å²) in [4.78, 5) is 24.4. The predicted octanol–water partition coefficient (Wildman–Crippen LogP) is 3.95. The van der Waals surface area contributed by atoms with Gasteiger partial charge in [-0.05, 0) is 42.8 Å². The molecule has 33 heavy (non-hydrogen) atoms. The molecule has 3 rings (SSSR count). The third kappa shape index (κ3) is 6.12. The highest BCUT2D eigenvalue weighted by Crippen LogP contribution is 2.26. The lowest BCUT2D eigenvalue weighted by Gasteiger charge is -2.20. The Labute approximate surface area is 198 Å². The number of carbonyl (C=O) groups excluding carboxylic acids is 2. The number of aryl methyl sites for hydroxylation is 1. The molecule has 0 atom stereocenters. The Bertz CT molecular complexity index is 1250. The van der Waals surface area contributed by atoms with Gasteiger partial charge in [0.2, 0.25) is 0 Å². The Morgan fingerprint density at radius 2 is 1.67 bits per heavy atom. The fourth-order valence-corrected chi connectivity index (χ4v) is 4.34. The summed E-state index contributed by atoms with van der Waals surface area (Å²) in [7, 11) is -2.54. The molecule has 0 spiro atoms. The number of hydrogen-bond acceptors (Lipinski definition) is 5. The summed E-state index contributed by atoms with van der Waals surface area (Å²) in [6.45, 7) is 1.73. The first-order valence-corrected chi connectivity index (χ1v) is 11.8. The van der Waals surface area contributed by atoms with Gasteiger partial charge in [-0.2, -0.15) is 0 Å². The number of rotatable bonds is 8. The zero-order chi connectivity index (χ0) is 24.0. The number of amides is 1. The second-order valence-electron chi connectivity index (χ2n) is 7.29. The molecule has 0 saturated heterocycles. The predicted molar refractivity (Wildman–Crippen MR) is 127 cm³/mol. The van der Waals surface area contributed by atoms with Crippen molar-refractivity contribution in [2.24, 2.45) is 0 Å². The monoisotopic (exact) mass is 486 g/mol. The first-order chi connectivity index (χ1) is 15.7. The first-order valence-electron chi connectivity index (χ1n) is 10.0. The van der Waals surface area contributed by atoms with Gasteiger partial charge in [-0.1, -0.05) is 59.6 Å². The lowest BCUT2D eigenvalue weighted by molar-refractivity contribution is -0.124. The van der Waals surface area contributed by atoms with E-state index in [1.54, 1.807) is 30.3 Å². The van der Waals surface area contributed by atoms with Crippen molar-refractivity contribution >= 4 is 39.2 Å². The van der Waals surface area contributed by atoms with Crippen molar-refractivity contribution in [2.45, 2.75) is 18.4 Å². The van der Waals surface area contributed by atoms with E-state index >= 15 is 0 Å². The molecule has 1 N–H and O–H groups in total. The van der Waals surface area contributed by atoms with Crippen LogP contribution < -0.4 is 9.62 Å². The minimum absolute atomic E-state index is 0.0152. The summed E-state index contributed by atoms with van der Waals surface area (Å²) < 4.78 is 32.1. The SMILES string of the molecule is Cc1ccc(CNC(=O)COC(=O)c2cc(S(=O)(=O)N(C)c3ccccc3)ccc2Cl)cc1. The van der Waals surface area contributed by atoms with Crippen LogP contribution >= 0.6 is 11.6 Å². The van der Waals surface area contributed by atoms with Gasteiger partial charge in [0, 0.05) is 13.6 Å². The Morgan fingerprint density at radius 3 is 2.33 bits per heavy atom. The number of hydrogen-bond donors (Lipinski definition) is 1. The van der Waals surface area contributed by atoms with Gasteiger partial charge in [0.1, 0.15) is 0 Å². The number of halogens is 1. The van der Waals surface area contributed by atoms with Crippen LogP contribution in [-0.2, 0) is 26.1 Å². The van der Waals surface area contributed by atoms with Crippen LogP contribution in [0.4, 0.5) is 5.69 Å². The van der Waals surface area contributed by atoms with Crippen LogP contribution in [0.1, 0.15) is 21.5 Å². The molecule has 0 unspecified atom stereocenters. The lowest BCUT2D eigenvalue weighted by Crippen LogP contribution is -2.28. The molecule has 0 aliphatic heterocycles. The maximum atomic E-state index is 13.0. The number of carbonyl (C=O) groups is 2. The first kappa shape index (κ1) is 24.3. The van der Waals surface area contributed by atoms with E-state index in [4.69, 9.17) is 16.3 Å². The van der Waals surface area contributed by atoms with E-state index < -0.39 is 28.5 Å². The number of anilines is 1. The molecular weight excluding hydrogens is 464 g/mol. The van der Waals surface area contributed by atoms with E-state index in [1.165, 1.54) is 19.2 Å². The standard InChI is InChI=1S/C24H23ClN2O5S/c1-17-8-10-18(11-9-17)15-26-23(28)16-32-24(29)21-14-20(12-13-22(21)25)33(30,31)27(2)19-6-4-3-5-7-19/h3-14H,15-16H2,1-2H3,(H,26,28). The van der Waals surface area contributed by atoms with E-state index in [9.17, 15) is 18.0 Å². The van der Waals surface area contributed by atoms with E-state index in [1.807, 2.05) is 31.2 Å². The molecule has 0 saturated carbocycles. The van der Waals surface area contributed by atoms with Crippen LogP contribution in [0.25, 0.3) is 0 Å². The van der Waals surface area contributed by atoms with E-state index in [2.05, 4.69) is 5.32 Å². The van der Waals surface area contributed by atoms with Crippen molar-refractivity contribution in [3.8, 4) is 0 Å². The van der Waals surface area contributed by atoms with Gasteiger partial charge in [-0.3, -0.25) is 9.10 Å². The van der Waals surface area contributed by atoms with Gasteiger partial charge in [0.25, 0.3) is 15.9 Å². The number of esters is 1. The summed E-state index contributed by atoms with van der Waals surface area (Å²) >= 11 is 6.10. The maximum absolute atomic E-state index is 13.0. The van der Waals surface area contributed by atoms with Gasteiger partial charge in [-0.25, -0.2) is 13.2 Å². The topological polar surface area (TPSA) is 92.8 Å². The van der Waals surface area contributed by atoms with Gasteiger partial charge in [0.15, 0.2) is 6.61 Å². The molecule has 3 aromatic rings. The average Bonchev–Trinajstić information content (AvgIpc) is 2.82. The second-order valence-corrected chi connectivity index (χ2v) is 9.66. The van der Waals surface area contributed by atoms with Crippen LogP contribution in [0, 0.1) is 6.92 Å². The number of para-hydroxylation sites is 1. The number of benzene rings is 3. The summed E-state index contributed by atoms with van der Waals surface area (Å²) in [6.07, 6.45) is 0. The number of sulfonamides is 1. The highest BCUT2D eigenvalue weighted by atomic mass is 35.5. The zero-order valence-electron chi connectivity index (χ0n) is 18.1. The summed E-state index contributed by atoms with van der Waals surface area (Å²) in [5.41, 5.74) is 2.33. The van der Waals surface area contributed by atoms with Crippen molar-refractivity contribution in [1.82, 2.24) is 5.32 Å². The van der Waals surface area contributed by atoms with Crippen molar-refractivity contribution in [3.63, 3.8) is 0 Å². The second kappa shape index (κ2) is 10.5. The van der Waals surface area contributed by atoms with Gasteiger partial charge in [-0.15, -0.1) is 0 Å². The highest BCUT2D eigenvalue weighted by molar-refractivity contribution is 7.92. The summed E-state index contributed by atoms with van der Waals surface area (Å²) in [5, 5.41) is 2.67. The summed E-state index contributed by atoms with van der Waals surface area (Å²) in [5.74, 6) is -1.39. The largest absolute Gasteiger partial charge is 0.452 e. The molecule has 0 bridgehead atoms. The molecule has 0 aromatic heterocycles. The Balaban J connectivity index is 1.66. The lowest BCUT2D eigenvalue weighted by atomic mass is 10.1. The Hall–Kier alpha value is -3.36. The van der Waals surface area contributed by atoms with Gasteiger partial charge >= 0.3 is 5.97 Å². The van der Waals surface area contributed by atoms with Crippen molar-refractivity contribution < 1.29 is 22.7 Å². The van der Waals surface area contributed by atoms with Gasteiger partial charge < -0.3 is 10.1 Å². The number of nitrogens with one attached hydrogen (secondary N) is 1. The summed E-state index contributed by atoms with van der Waals surface area (Å²) in [6, 6.07) is 19.9. The molecule has 0 heterocycles. The minimum atomic E-state index is -3.95. The van der Waals surface area contributed by atoms with Crippen LogP contribution in [0.3, 0.4) is 0 Å². The van der Waals surface area contributed by atoms with Crippen molar-refractivity contribution in [3.05, 3.63) is 94.5 Å². The highest BCUT2D eigenvalue weighted by Gasteiger charge is 2.24. The van der Waals surface area contributed by atoms with E-state index in [-0.39, 0.29) is 22.0 Å². The number of ether oxygens (including phenoxy) is 1. The Kier molecular flexibility index (Phi) is 7.73. The van der Waals surface area contributed by atoms with Crippen molar-refractivity contribution in [1.29, 1.82) is 0 Å². The fourth-order valence-electron chi connectivity index (χ4n) is 2.92. The average molecular weight is 487 g/mol. The molecule has 9 heteroatoms. The maximum Gasteiger partial charge on any atom is 0.340 e. The van der Waals surface area contributed by atoms with E-state index in [0.29, 0.717) is 5.69 Å². The molecule has 3 aromatic carbocycles. The molecule has 0 aliphatic carbocycles. The molecule has 0 aliphatic rings. The quantitative estimate of drug-likeness (QED) is 0.487. The zero-order valence-corrected chi connectivity index (χ0v) is 19.7. The molecule has 1 amide bonds. The normalized spacial score (nSPS) is 11.0. The minimum Gasteiger partial charge on any atom is -0.452 e. The molecular formula is C24H23ClN2O5S. The molecule has 0 radical (unpaired) electrons. The van der Waals surface area contributed by atoms with E-state index in [0.717, 1.165) is 21.5 Å². The smallest absolute Gasteiger partial charge is 0.340 e. The third-order valence-corrected chi connectivity index (χ3v) is 6.99. The fraction of sp³-hybridized carbons (Fsp3) is 0.167. The number of nitrogens with zero attached hydrogens (tertiary/aromatic N) is 1. The molecule has 0 fully saturated rings. The van der Waals surface area contributed by atoms with Gasteiger partial charge in [0.05, 0.1) is 21.2 Å². The van der Waals surface area contributed by atoms with Crippen LogP contribution in [-0.4, -0.2) is 33.9 Å². The van der Waals surface area contributed by atoms with Crippen LogP contribution in [0.15, 0.2) is 77.7 Å². The van der Waals surface area contributed by atoms with Crippen LogP contribution in [0.5, 0.6) is 0 Å². The molecule has 7 nitrogen and oxygen atoms in total. The Morgan fingerprint density at radius 1 is 1.00 bits per heavy atom. The third-order valence-electron chi connectivity index (χ3n) is 4.88.